The minimum Gasteiger partial charge on any atom is -0.392 e. The molecule has 1 fully saturated rings. The molecule has 90 valence electrons. The molecule has 0 bridgehead atoms. The van der Waals surface area contributed by atoms with Crippen molar-refractivity contribution in [3.8, 4) is 0 Å². The van der Waals surface area contributed by atoms with Crippen LogP contribution >= 0.6 is 0 Å². The number of aliphatic hydroxyl groups excluding tert-OH is 1. The molecule has 0 amide bonds. The van der Waals surface area contributed by atoms with Crippen LogP contribution in [0, 0.1) is 6.92 Å². The number of hydrogen-bond donors (Lipinski definition) is 2. The minimum absolute atomic E-state index is 0.356. The second kappa shape index (κ2) is 4.93. The number of nitrogens with one attached hydrogen (secondary N) is 1. The van der Waals surface area contributed by atoms with Gasteiger partial charge < -0.3 is 15.0 Å². The van der Waals surface area contributed by atoms with Crippen molar-refractivity contribution in [1.29, 1.82) is 0 Å². The first kappa shape index (κ1) is 11.5. The highest BCUT2D eigenvalue weighted by Gasteiger charge is 2.22. The third-order valence-corrected chi connectivity index (χ3v) is 3.07. The molecule has 1 aromatic heterocycles. The molecule has 2 heterocycles. The van der Waals surface area contributed by atoms with E-state index in [1.807, 2.05) is 11.5 Å². The smallest absolute Gasteiger partial charge is 0.137 e. The minimum atomic E-state index is -0.356. The van der Waals surface area contributed by atoms with E-state index in [-0.39, 0.29) is 6.10 Å². The van der Waals surface area contributed by atoms with Crippen molar-refractivity contribution in [3.63, 3.8) is 0 Å². The molecule has 1 aliphatic heterocycles. The Morgan fingerprint density at radius 2 is 2.38 bits per heavy atom. The van der Waals surface area contributed by atoms with Crippen molar-refractivity contribution in [2.24, 2.45) is 0 Å². The van der Waals surface area contributed by atoms with Gasteiger partial charge in [0.15, 0.2) is 0 Å². The Hall–Kier alpha value is -0.940. The van der Waals surface area contributed by atoms with Crippen LogP contribution in [0.3, 0.4) is 0 Å². The van der Waals surface area contributed by atoms with Crippen LogP contribution in [0.4, 0.5) is 0 Å². The average molecular weight is 224 g/mol. The van der Waals surface area contributed by atoms with E-state index >= 15 is 0 Å². The van der Waals surface area contributed by atoms with Gasteiger partial charge in [-0.3, -0.25) is 0 Å². The Kier molecular flexibility index (Phi) is 3.56. The van der Waals surface area contributed by atoms with E-state index in [1.54, 1.807) is 6.92 Å². The summed E-state index contributed by atoms with van der Waals surface area (Å²) in [5, 5.41) is 21.2. The molecule has 1 aromatic rings. The van der Waals surface area contributed by atoms with E-state index in [2.05, 4.69) is 15.5 Å². The van der Waals surface area contributed by atoms with Gasteiger partial charge in [0.2, 0.25) is 0 Å². The maximum atomic E-state index is 9.48. The highest BCUT2D eigenvalue weighted by molar-refractivity contribution is 5.03. The van der Waals surface area contributed by atoms with Crippen molar-refractivity contribution >= 4 is 0 Å². The van der Waals surface area contributed by atoms with Crippen LogP contribution < -0.4 is 5.32 Å². The van der Waals surface area contributed by atoms with Gasteiger partial charge in [-0.2, -0.15) is 0 Å². The molecule has 0 spiro atoms. The molecule has 2 rings (SSSR count). The van der Waals surface area contributed by atoms with Gasteiger partial charge in [-0.15, -0.1) is 10.2 Å². The Morgan fingerprint density at radius 1 is 1.56 bits per heavy atom. The quantitative estimate of drug-likeness (QED) is 0.782. The summed E-state index contributed by atoms with van der Waals surface area (Å²) >= 11 is 0. The average Bonchev–Trinajstić information content (AvgIpc) is 2.61. The van der Waals surface area contributed by atoms with Crippen LogP contribution in [-0.4, -0.2) is 39.1 Å². The molecule has 2 unspecified atom stereocenters. The van der Waals surface area contributed by atoms with Gasteiger partial charge in [-0.25, -0.2) is 0 Å². The van der Waals surface area contributed by atoms with Crippen LogP contribution in [0.5, 0.6) is 0 Å². The van der Waals surface area contributed by atoms with Crippen LogP contribution in [0.15, 0.2) is 0 Å². The lowest BCUT2D eigenvalue weighted by Gasteiger charge is -2.23. The number of aryl methyl sites for hydroxylation is 1. The molecule has 1 saturated heterocycles. The van der Waals surface area contributed by atoms with Gasteiger partial charge >= 0.3 is 0 Å². The van der Waals surface area contributed by atoms with E-state index < -0.39 is 0 Å². The summed E-state index contributed by atoms with van der Waals surface area (Å²) < 4.78 is 2.04. The number of piperidine rings is 1. The molecule has 5 heteroatoms. The highest BCUT2D eigenvalue weighted by Crippen LogP contribution is 2.22. The largest absolute Gasteiger partial charge is 0.392 e. The first-order chi connectivity index (χ1) is 7.68. The first-order valence-corrected chi connectivity index (χ1v) is 5.97. The molecule has 2 N–H and O–H groups in total. The van der Waals surface area contributed by atoms with E-state index in [4.69, 9.17) is 0 Å². The van der Waals surface area contributed by atoms with Crippen molar-refractivity contribution in [2.75, 3.05) is 13.1 Å². The second-order valence-corrected chi connectivity index (χ2v) is 4.61. The molecule has 0 aromatic carbocycles. The zero-order valence-corrected chi connectivity index (χ0v) is 9.98. The van der Waals surface area contributed by atoms with E-state index in [0.29, 0.717) is 12.5 Å². The van der Waals surface area contributed by atoms with Crippen LogP contribution in [0.1, 0.15) is 37.3 Å². The molecular formula is C11H20N4O. The lowest BCUT2D eigenvalue weighted by molar-refractivity contribution is 0.170. The summed E-state index contributed by atoms with van der Waals surface area (Å²) in [6.07, 6.45) is 1.99. The lowest BCUT2D eigenvalue weighted by Crippen LogP contribution is -2.30. The van der Waals surface area contributed by atoms with Crippen molar-refractivity contribution in [3.05, 3.63) is 11.6 Å². The summed E-state index contributed by atoms with van der Waals surface area (Å²) in [5.74, 6) is 2.35. The van der Waals surface area contributed by atoms with E-state index in [1.165, 1.54) is 6.42 Å². The summed E-state index contributed by atoms with van der Waals surface area (Å²) in [5.41, 5.74) is 0. The van der Waals surface area contributed by atoms with Crippen LogP contribution in [-0.2, 0) is 6.54 Å². The van der Waals surface area contributed by atoms with Gasteiger partial charge in [0.05, 0.1) is 12.6 Å². The molecule has 2 atom stereocenters. The predicted octanol–water partition coefficient (Wildman–Crippen LogP) is 0.434. The molecule has 0 radical (unpaired) electrons. The second-order valence-electron chi connectivity index (χ2n) is 4.61. The third-order valence-electron chi connectivity index (χ3n) is 3.07. The Bertz CT molecular complexity index is 342. The Balaban J connectivity index is 2.18. The topological polar surface area (TPSA) is 63.0 Å². The highest BCUT2D eigenvalue weighted by atomic mass is 16.3. The summed E-state index contributed by atoms with van der Waals surface area (Å²) in [4.78, 5) is 0. The zero-order valence-electron chi connectivity index (χ0n) is 9.98. The van der Waals surface area contributed by atoms with Gasteiger partial charge in [0, 0.05) is 12.5 Å². The van der Waals surface area contributed by atoms with Gasteiger partial charge in [0.1, 0.15) is 11.6 Å². The fraction of sp³-hybridized carbons (Fsp3) is 0.818. The van der Waals surface area contributed by atoms with Gasteiger partial charge in [-0.05, 0) is 33.2 Å². The number of rotatable bonds is 3. The van der Waals surface area contributed by atoms with Gasteiger partial charge in [-0.1, -0.05) is 0 Å². The normalized spacial score (nSPS) is 23.3. The van der Waals surface area contributed by atoms with Crippen molar-refractivity contribution in [2.45, 2.75) is 45.3 Å². The third kappa shape index (κ3) is 2.41. The maximum Gasteiger partial charge on any atom is 0.137 e. The molecule has 0 aliphatic carbocycles. The first-order valence-electron chi connectivity index (χ1n) is 5.97. The zero-order chi connectivity index (χ0) is 11.5. The van der Waals surface area contributed by atoms with Crippen molar-refractivity contribution in [1.82, 2.24) is 20.1 Å². The standard InChI is InChI=1S/C11H20N4O/c1-8(16)7-15-9(2)13-14-11(15)10-4-3-5-12-6-10/h8,10,12,16H,3-7H2,1-2H3. The SMILES string of the molecule is Cc1nnc(C2CCCNC2)n1CC(C)O. The van der Waals surface area contributed by atoms with Gasteiger partial charge in [0.25, 0.3) is 0 Å². The number of aromatic nitrogens is 3. The number of nitrogens with zero attached hydrogens (tertiary/aromatic N) is 3. The lowest BCUT2D eigenvalue weighted by atomic mass is 9.99. The fourth-order valence-electron chi connectivity index (χ4n) is 2.26. The summed E-state index contributed by atoms with van der Waals surface area (Å²) in [6.45, 7) is 6.39. The van der Waals surface area contributed by atoms with Crippen LogP contribution in [0.25, 0.3) is 0 Å². The maximum absolute atomic E-state index is 9.48. The van der Waals surface area contributed by atoms with E-state index in [0.717, 1.165) is 31.2 Å². The molecule has 1 aliphatic rings. The van der Waals surface area contributed by atoms with E-state index in [9.17, 15) is 5.11 Å². The number of aliphatic hydroxyl groups is 1. The monoisotopic (exact) mass is 224 g/mol. The molecule has 16 heavy (non-hydrogen) atoms. The van der Waals surface area contributed by atoms with Crippen LogP contribution in [0.2, 0.25) is 0 Å². The Morgan fingerprint density at radius 3 is 3.00 bits per heavy atom. The summed E-state index contributed by atoms with van der Waals surface area (Å²) in [6, 6.07) is 0. The predicted molar refractivity (Wildman–Crippen MR) is 61.3 cm³/mol. The fourth-order valence-corrected chi connectivity index (χ4v) is 2.26. The summed E-state index contributed by atoms with van der Waals surface area (Å²) in [7, 11) is 0. The molecular weight excluding hydrogens is 204 g/mol. The number of hydrogen-bond acceptors (Lipinski definition) is 4. The molecule has 5 nitrogen and oxygen atoms in total. The molecule has 0 saturated carbocycles. The van der Waals surface area contributed by atoms with Crippen molar-refractivity contribution < 1.29 is 5.11 Å². The Labute approximate surface area is 95.9 Å².